The monoisotopic (exact) mass is 398 g/mol. The van der Waals surface area contributed by atoms with Gasteiger partial charge in [0, 0.05) is 25.2 Å². The molecule has 2 aromatic carbocycles. The lowest BCUT2D eigenvalue weighted by molar-refractivity contribution is 0.0693. The van der Waals surface area contributed by atoms with Gasteiger partial charge in [-0.15, -0.1) is 0 Å². The summed E-state index contributed by atoms with van der Waals surface area (Å²) in [4.78, 5) is 2.36. The van der Waals surface area contributed by atoms with Crippen LogP contribution in [0.4, 0.5) is 0 Å². The van der Waals surface area contributed by atoms with E-state index in [2.05, 4.69) is 22.3 Å². The fourth-order valence-electron chi connectivity index (χ4n) is 3.80. The maximum absolute atomic E-state index is 10.3. The van der Waals surface area contributed by atoms with Gasteiger partial charge >= 0.3 is 0 Å². The molecule has 1 fully saturated rings. The molecule has 5 heteroatoms. The van der Waals surface area contributed by atoms with Gasteiger partial charge in [-0.1, -0.05) is 43.2 Å². The van der Waals surface area contributed by atoms with Crippen molar-refractivity contribution >= 4 is 0 Å². The Balaban J connectivity index is 1.43. The van der Waals surface area contributed by atoms with E-state index in [4.69, 9.17) is 9.47 Å². The van der Waals surface area contributed by atoms with Crippen LogP contribution >= 0.6 is 0 Å². The third-order valence-corrected chi connectivity index (χ3v) is 5.35. The van der Waals surface area contributed by atoms with Gasteiger partial charge in [-0.2, -0.15) is 0 Å². The number of nitrogens with zero attached hydrogens (tertiary/aromatic N) is 1. The molecule has 3 rings (SSSR count). The second-order valence-electron chi connectivity index (χ2n) is 7.74. The van der Waals surface area contributed by atoms with E-state index in [1.54, 1.807) is 7.11 Å². The number of aliphatic hydroxyl groups is 1. The number of rotatable bonds is 10. The zero-order valence-electron chi connectivity index (χ0n) is 17.5. The fourth-order valence-corrected chi connectivity index (χ4v) is 3.80. The van der Waals surface area contributed by atoms with Crippen molar-refractivity contribution in [3.8, 4) is 11.5 Å². The minimum absolute atomic E-state index is 0.328. The second-order valence-corrected chi connectivity index (χ2v) is 7.74. The summed E-state index contributed by atoms with van der Waals surface area (Å²) >= 11 is 0. The summed E-state index contributed by atoms with van der Waals surface area (Å²) in [7, 11) is 1.70. The average molecular weight is 399 g/mol. The molecule has 0 aromatic heterocycles. The van der Waals surface area contributed by atoms with Gasteiger partial charge in [-0.3, -0.25) is 0 Å². The molecule has 1 aliphatic rings. The van der Waals surface area contributed by atoms with Crippen molar-refractivity contribution in [2.75, 3.05) is 33.4 Å². The normalized spacial score (nSPS) is 16.2. The molecular formula is C24H34N2O3. The first-order chi connectivity index (χ1) is 14.2. The number of β-amino-alcohol motifs (C(OH)–C–C–N with tert-alkyl or cyclic N) is 1. The lowest BCUT2D eigenvalue weighted by Gasteiger charge is -2.23. The van der Waals surface area contributed by atoms with Crippen LogP contribution in [-0.2, 0) is 13.1 Å². The first-order valence-electron chi connectivity index (χ1n) is 10.7. The first-order valence-corrected chi connectivity index (χ1v) is 10.7. The van der Waals surface area contributed by atoms with Gasteiger partial charge in [0.05, 0.1) is 7.11 Å². The van der Waals surface area contributed by atoms with Crippen molar-refractivity contribution in [2.45, 2.75) is 44.9 Å². The average Bonchev–Trinajstić information content (AvgIpc) is 3.01. The number of ether oxygens (including phenoxy) is 2. The zero-order valence-corrected chi connectivity index (χ0v) is 17.5. The molecule has 0 unspecified atom stereocenters. The second kappa shape index (κ2) is 11.8. The van der Waals surface area contributed by atoms with E-state index in [1.165, 1.54) is 25.7 Å². The Morgan fingerprint density at radius 2 is 1.79 bits per heavy atom. The predicted molar refractivity (Wildman–Crippen MR) is 116 cm³/mol. The van der Waals surface area contributed by atoms with Gasteiger partial charge in [0.25, 0.3) is 0 Å². The van der Waals surface area contributed by atoms with Crippen LogP contribution in [0.3, 0.4) is 0 Å². The Morgan fingerprint density at radius 3 is 2.59 bits per heavy atom. The third kappa shape index (κ3) is 7.35. The quantitative estimate of drug-likeness (QED) is 0.640. The zero-order chi connectivity index (χ0) is 20.3. The standard InChI is InChI=1S/C24H34N2O3/c1-28-24-12-5-4-10-21(24)17-25-16-20-9-8-11-23(15-20)29-19-22(27)18-26-13-6-2-3-7-14-26/h4-5,8-12,15,22,25,27H,2-3,6-7,13-14,16-19H2,1H3/t22-/m0/s1. The summed E-state index contributed by atoms with van der Waals surface area (Å²) in [5.41, 5.74) is 2.29. The van der Waals surface area contributed by atoms with Crippen molar-refractivity contribution in [3.63, 3.8) is 0 Å². The molecule has 0 aliphatic carbocycles. The van der Waals surface area contributed by atoms with E-state index in [1.807, 2.05) is 36.4 Å². The predicted octanol–water partition coefficient (Wildman–Crippen LogP) is 3.60. The minimum Gasteiger partial charge on any atom is -0.496 e. The molecule has 0 saturated carbocycles. The van der Waals surface area contributed by atoms with E-state index in [0.717, 1.165) is 48.8 Å². The highest BCUT2D eigenvalue weighted by molar-refractivity contribution is 5.33. The lowest BCUT2D eigenvalue weighted by Crippen LogP contribution is -2.36. The number of methoxy groups -OCH3 is 1. The number of likely N-dealkylation sites (tertiary alicyclic amines) is 1. The number of hydrogen-bond donors (Lipinski definition) is 2. The highest BCUT2D eigenvalue weighted by atomic mass is 16.5. The van der Waals surface area contributed by atoms with Gasteiger partial charge < -0.3 is 24.8 Å². The summed E-state index contributed by atoms with van der Waals surface area (Å²) in [5.74, 6) is 1.70. The molecule has 1 atom stereocenters. The Kier molecular flexibility index (Phi) is 8.81. The fraction of sp³-hybridized carbons (Fsp3) is 0.500. The van der Waals surface area contributed by atoms with E-state index in [9.17, 15) is 5.11 Å². The third-order valence-electron chi connectivity index (χ3n) is 5.35. The molecule has 2 N–H and O–H groups in total. The number of nitrogens with one attached hydrogen (secondary N) is 1. The van der Waals surface area contributed by atoms with Crippen LogP contribution in [0.25, 0.3) is 0 Å². The molecule has 0 amide bonds. The molecule has 5 nitrogen and oxygen atoms in total. The highest BCUT2D eigenvalue weighted by Gasteiger charge is 2.14. The molecule has 29 heavy (non-hydrogen) atoms. The molecule has 0 radical (unpaired) electrons. The number of hydrogen-bond acceptors (Lipinski definition) is 5. The molecule has 158 valence electrons. The van der Waals surface area contributed by atoms with E-state index < -0.39 is 6.10 Å². The maximum Gasteiger partial charge on any atom is 0.123 e. The molecule has 1 heterocycles. The van der Waals surface area contributed by atoms with E-state index in [-0.39, 0.29) is 0 Å². The Bertz CT molecular complexity index is 730. The van der Waals surface area contributed by atoms with Crippen LogP contribution in [0, 0.1) is 0 Å². The van der Waals surface area contributed by atoms with Gasteiger partial charge in [0.2, 0.25) is 0 Å². The van der Waals surface area contributed by atoms with Crippen LogP contribution in [0.15, 0.2) is 48.5 Å². The Hall–Kier alpha value is -2.08. The highest BCUT2D eigenvalue weighted by Crippen LogP contribution is 2.18. The van der Waals surface area contributed by atoms with E-state index in [0.29, 0.717) is 13.2 Å². The molecule has 0 bridgehead atoms. The molecular weight excluding hydrogens is 364 g/mol. The maximum atomic E-state index is 10.3. The van der Waals surface area contributed by atoms with Crippen LogP contribution < -0.4 is 14.8 Å². The topological polar surface area (TPSA) is 54.0 Å². The van der Waals surface area contributed by atoms with Crippen molar-refractivity contribution in [3.05, 3.63) is 59.7 Å². The van der Waals surface area contributed by atoms with Crippen LogP contribution in [0.5, 0.6) is 11.5 Å². The number of benzene rings is 2. The van der Waals surface area contributed by atoms with Gasteiger partial charge in [0.1, 0.15) is 24.2 Å². The summed E-state index contributed by atoms with van der Waals surface area (Å²) in [6, 6.07) is 16.1. The molecule has 0 spiro atoms. The van der Waals surface area contributed by atoms with Crippen molar-refractivity contribution in [2.24, 2.45) is 0 Å². The van der Waals surface area contributed by atoms with Gasteiger partial charge in [-0.05, 0) is 49.7 Å². The smallest absolute Gasteiger partial charge is 0.123 e. The summed E-state index contributed by atoms with van der Waals surface area (Å²) in [6.45, 7) is 4.68. The summed E-state index contributed by atoms with van der Waals surface area (Å²) in [6.07, 6.45) is 4.62. The van der Waals surface area contributed by atoms with Crippen molar-refractivity contribution in [1.82, 2.24) is 10.2 Å². The van der Waals surface area contributed by atoms with Crippen molar-refractivity contribution in [1.29, 1.82) is 0 Å². The minimum atomic E-state index is -0.458. The SMILES string of the molecule is COc1ccccc1CNCc1cccc(OC[C@@H](O)CN2CCCCCC2)c1. The van der Waals surface area contributed by atoms with Crippen LogP contribution in [0.1, 0.15) is 36.8 Å². The van der Waals surface area contributed by atoms with Gasteiger partial charge in [-0.25, -0.2) is 0 Å². The largest absolute Gasteiger partial charge is 0.496 e. The number of aliphatic hydroxyl groups excluding tert-OH is 1. The van der Waals surface area contributed by atoms with Crippen LogP contribution in [-0.4, -0.2) is 49.5 Å². The molecule has 1 aliphatic heterocycles. The summed E-state index contributed by atoms with van der Waals surface area (Å²) < 4.78 is 11.3. The molecule has 1 saturated heterocycles. The Labute approximate surface area is 174 Å². The van der Waals surface area contributed by atoms with Gasteiger partial charge in [0.15, 0.2) is 0 Å². The number of para-hydroxylation sites is 1. The molecule has 2 aromatic rings. The Morgan fingerprint density at radius 1 is 1.00 bits per heavy atom. The van der Waals surface area contributed by atoms with Crippen molar-refractivity contribution < 1.29 is 14.6 Å². The first kappa shape index (κ1) is 21.6. The van der Waals surface area contributed by atoms with E-state index >= 15 is 0 Å². The summed E-state index contributed by atoms with van der Waals surface area (Å²) in [5, 5.41) is 13.8. The van der Waals surface area contributed by atoms with Crippen LogP contribution in [0.2, 0.25) is 0 Å². The lowest BCUT2D eigenvalue weighted by atomic mass is 10.2.